The molecule has 0 spiro atoms. The van der Waals surface area contributed by atoms with E-state index in [1.165, 1.54) is 18.4 Å². The van der Waals surface area contributed by atoms with Crippen LogP contribution in [0.15, 0.2) is 28.7 Å². The first kappa shape index (κ1) is 12.2. The first-order chi connectivity index (χ1) is 8.71. The largest absolute Gasteiger partial charge is 0.353 e. The van der Waals surface area contributed by atoms with Gasteiger partial charge >= 0.3 is 0 Å². The first-order valence-corrected chi connectivity index (χ1v) is 7.57. The van der Waals surface area contributed by atoms with Crippen molar-refractivity contribution in [3.63, 3.8) is 0 Å². The van der Waals surface area contributed by atoms with Crippen LogP contribution in [0.1, 0.15) is 44.1 Å². The van der Waals surface area contributed by atoms with Gasteiger partial charge in [0.2, 0.25) is 5.91 Å². The van der Waals surface area contributed by atoms with E-state index in [1.807, 2.05) is 12.1 Å². The van der Waals surface area contributed by atoms with Crippen LogP contribution in [-0.4, -0.2) is 11.9 Å². The molecule has 2 saturated carbocycles. The molecule has 0 heterocycles. The number of hydrogen-bond donors (Lipinski definition) is 1. The maximum absolute atomic E-state index is 12.4. The SMILES string of the molecule is O=C(NC1CCCC1)C1(c2ccc(Br)cc2)CC1. The van der Waals surface area contributed by atoms with Gasteiger partial charge in [-0.2, -0.15) is 0 Å². The van der Waals surface area contributed by atoms with Gasteiger partial charge in [-0.25, -0.2) is 0 Å². The molecule has 0 unspecified atom stereocenters. The lowest BCUT2D eigenvalue weighted by Crippen LogP contribution is -2.40. The second kappa shape index (κ2) is 4.69. The third-order valence-corrected chi connectivity index (χ3v) is 4.80. The summed E-state index contributed by atoms with van der Waals surface area (Å²) >= 11 is 3.44. The van der Waals surface area contributed by atoms with Crippen LogP contribution in [0.2, 0.25) is 0 Å². The molecule has 0 saturated heterocycles. The standard InChI is InChI=1S/C15H18BrNO/c16-12-7-5-11(6-8-12)15(9-10-15)14(18)17-13-3-1-2-4-13/h5-8,13H,1-4,9-10H2,(H,17,18). The fraction of sp³-hybridized carbons (Fsp3) is 0.533. The van der Waals surface area contributed by atoms with Crippen molar-refractivity contribution in [2.45, 2.75) is 50.0 Å². The van der Waals surface area contributed by atoms with Gasteiger partial charge in [0.1, 0.15) is 0 Å². The Morgan fingerprint density at radius 1 is 1.17 bits per heavy atom. The van der Waals surface area contributed by atoms with E-state index in [0.717, 1.165) is 30.2 Å². The van der Waals surface area contributed by atoms with Gasteiger partial charge < -0.3 is 5.32 Å². The summed E-state index contributed by atoms with van der Waals surface area (Å²) in [6.45, 7) is 0. The van der Waals surface area contributed by atoms with Crippen LogP contribution in [0.5, 0.6) is 0 Å². The molecule has 2 fully saturated rings. The van der Waals surface area contributed by atoms with Crippen LogP contribution in [0.25, 0.3) is 0 Å². The topological polar surface area (TPSA) is 29.1 Å². The molecule has 3 rings (SSSR count). The molecule has 2 nitrogen and oxygen atoms in total. The Kier molecular flexibility index (Phi) is 3.18. The molecule has 1 aromatic rings. The Labute approximate surface area is 116 Å². The summed E-state index contributed by atoms with van der Waals surface area (Å²) in [5, 5.41) is 3.24. The van der Waals surface area contributed by atoms with Crippen molar-refractivity contribution in [2.75, 3.05) is 0 Å². The van der Waals surface area contributed by atoms with E-state index in [-0.39, 0.29) is 11.3 Å². The van der Waals surface area contributed by atoms with Gasteiger partial charge in [-0.15, -0.1) is 0 Å². The highest BCUT2D eigenvalue weighted by atomic mass is 79.9. The van der Waals surface area contributed by atoms with Gasteiger partial charge in [0.05, 0.1) is 5.41 Å². The summed E-state index contributed by atoms with van der Waals surface area (Å²) in [6.07, 6.45) is 6.82. The van der Waals surface area contributed by atoms with E-state index in [2.05, 4.69) is 33.4 Å². The second-order valence-electron chi connectivity index (χ2n) is 5.54. The summed E-state index contributed by atoms with van der Waals surface area (Å²) in [6, 6.07) is 8.62. The molecule has 0 aliphatic heterocycles. The monoisotopic (exact) mass is 307 g/mol. The molecule has 0 atom stereocenters. The quantitative estimate of drug-likeness (QED) is 0.909. The Morgan fingerprint density at radius 3 is 2.33 bits per heavy atom. The third-order valence-electron chi connectivity index (χ3n) is 4.27. The van der Waals surface area contributed by atoms with Gasteiger partial charge in [-0.05, 0) is 43.4 Å². The van der Waals surface area contributed by atoms with Crippen molar-refractivity contribution in [3.05, 3.63) is 34.3 Å². The summed E-state index contributed by atoms with van der Waals surface area (Å²) in [4.78, 5) is 12.4. The molecular formula is C15H18BrNO. The predicted octanol–water partition coefficient (Wildman–Crippen LogP) is 3.54. The molecule has 0 bridgehead atoms. The Bertz CT molecular complexity index is 444. The maximum atomic E-state index is 12.4. The van der Waals surface area contributed by atoms with Crippen molar-refractivity contribution in [2.24, 2.45) is 0 Å². The van der Waals surface area contributed by atoms with E-state index in [0.29, 0.717) is 6.04 Å². The average molecular weight is 308 g/mol. The summed E-state index contributed by atoms with van der Waals surface area (Å²) in [5.41, 5.74) is 0.949. The molecule has 2 aliphatic rings. The van der Waals surface area contributed by atoms with Gasteiger partial charge in [0.25, 0.3) is 0 Å². The van der Waals surface area contributed by atoms with E-state index in [4.69, 9.17) is 0 Å². The highest BCUT2D eigenvalue weighted by molar-refractivity contribution is 9.10. The highest BCUT2D eigenvalue weighted by Crippen LogP contribution is 2.48. The number of benzene rings is 1. The fourth-order valence-electron chi connectivity index (χ4n) is 2.93. The average Bonchev–Trinajstić information content (AvgIpc) is 3.03. The lowest BCUT2D eigenvalue weighted by atomic mass is 9.94. The number of halogens is 1. The lowest BCUT2D eigenvalue weighted by molar-refractivity contribution is -0.124. The molecular weight excluding hydrogens is 290 g/mol. The van der Waals surface area contributed by atoms with Crippen molar-refractivity contribution < 1.29 is 4.79 Å². The fourth-order valence-corrected chi connectivity index (χ4v) is 3.20. The molecule has 2 aliphatic carbocycles. The van der Waals surface area contributed by atoms with Crippen LogP contribution in [-0.2, 0) is 10.2 Å². The van der Waals surface area contributed by atoms with Crippen LogP contribution in [0, 0.1) is 0 Å². The minimum absolute atomic E-state index is 0.219. The van der Waals surface area contributed by atoms with Crippen molar-refractivity contribution in [1.29, 1.82) is 0 Å². The van der Waals surface area contributed by atoms with Crippen molar-refractivity contribution in [3.8, 4) is 0 Å². The normalized spacial score (nSPS) is 21.8. The summed E-state index contributed by atoms with van der Waals surface area (Å²) in [7, 11) is 0. The molecule has 3 heteroatoms. The zero-order valence-corrected chi connectivity index (χ0v) is 12.0. The van der Waals surface area contributed by atoms with E-state index >= 15 is 0 Å². The minimum Gasteiger partial charge on any atom is -0.353 e. The maximum Gasteiger partial charge on any atom is 0.230 e. The van der Waals surface area contributed by atoms with Crippen LogP contribution >= 0.6 is 15.9 Å². The van der Waals surface area contributed by atoms with Crippen molar-refractivity contribution in [1.82, 2.24) is 5.32 Å². The first-order valence-electron chi connectivity index (χ1n) is 6.78. The third kappa shape index (κ3) is 2.20. The van der Waals surface area contributed by atoms with E-state index in [1.54, 1.807) is 0 Å². The number of amides is 1. The molecule has 0 aromatic heterocycles. The molecule has 1 amide bonds. The van der Waals surface area contributed by atoms with E-state index < -0.39 is 0 Å². The molecule has 1 N–H and O–H groups in total. The van der Waals surface area contributed by atoms with Gasteiger partial charge in [0, 0.05) is 10.5 Å². The summed E-state index contributed by atoms with van der Waals surface area (Å²) < 4.78 is 1.07. The van der Waals surface area contributed by atoms with Crippen LogP contribution in [0.4, 0.5) is 0 Å². The molecule has 18 heavy (non-hydrogen) atoms. The Morgan fingerprint density at radius 2 is 1.78 bits per heavy atom. The molecule has 0 radical (unpaired) electrons. The van der Waals surface area contributed by atoms with Crippen LogP contribution in [0.3, 0.4) is 0 Å². The summed E-state index contributed by atoms with van der Waals surface area (Å²) in [5.74, 6) is 0.247. The van der Waals surface area contributed by atoms with Crippen molar-refractivity contribution >= 4 is 21.8 Å². The van der Waals surface area contributed by atoms with Crippen LogP contribution < -0.4 is 5.32 Å². The molecule has 1 aromatic carbocycles. The smallest absolute Gasteiger partial charge is 0.230 e. The number of hydrogen-bond acceptors (Lipinski definition) is 1. The van der Waals surface area contributed by atoms with E-state index in [9.17, 15) is 4.79 Å². The minimum atomic E-state index is -0.219. The molecule has 96 valence electrons. The van der Waals surface area contributed by atoms with Gasteiger partial charge in [-0.1, -0.05) is 40.9 Å². The number of carbonyl (C=O) groups is 1. The highest BCUT2D eigenvalue weighted by Gasteiger charge is 2.51. The number of nitrogens with one attached hydrogen (secondary N) is 1. The zero-order valence-electron chi connectivity index (χ0n) is 10.4. The Hall–Kier alpha value is -0.830. The van der Waals surface area contributed by atoms with Gasteiger partial charge in [-0.3, -0.25) is 4.79 Å². The van der Waals surface area contributed by atoms with Gasteiger partial charge in [0.15, 0.2) is 0 Å². The second-order valence-corrected chi connectivity index (χ2v) is 6.46. The Balaban J connectivity index is 1.73. The lowest BCUT2D eigenvalue weighted by Gasteiger charge is -2.19. The number of carbonyl (C=O) groups excluding carboxylic acids is 1. The zero-order chi connectivity index (χ0) is 12.6. The predicted molar refractivity (Wildman–Crippen MR) is 75.5 cm³/mol. The number of rotatable bonds is 3.